The number of H-pyrrole nitrogens is 1. The molecule has 0 spiro atoms. The average Bonchev–Trinajstić information content (AvgIpc) is 3.85. The van der Waals surface area contributed by atoms with E-state index in [-0.39, 0.29) is 38.4 Å². The Morgan fingerprint density at radius 2 is 1.70 bits per heavy atom. The predicted molar refractivity (Wildman–Crippen MR) is 166 cm³/mol. The number of sulfonamides is 1. The molecule has 46 heavy (non-hydrogen) atoms. The third kappa shape index (κ3) is 8.64. The van der Waals surface area contributed by atoms with Crippen LogP contribution in [-0.4, -0.2) is 69.9 Å². The van der Waals surface area contributed by atoms with Gasteiger partial charge in [-0.1, -0.05) is 35.3 Å². The zero-order chi connectivity index (χ0) is 33.8. The maximum absolute atomic E-state index is 13.6. The highest BCUT2D eigenvalue weighted by Gasteiger charge is 2.34. The summed E-state index contributed by atoms with van der Waals surface area (Å²) in [5.74, 6) is -1.17. The number of alkyl halides is 2. The highest BCUT2D eigenvalue weighted by atomic mass is 35.5. The second kappa shape index (κ2) is 14.9. The molecule has 1 amide bonds. The average molecular weight is 702 g/mol. The lowest BCUT2D eigenvalue weighted by Crippen LogP contribution is -2.41. The Bertz CT molecular complexity index is 1670. The number of amides is 1. The largest absolute Gasteiger partial charge is 0.489 e. The molecule has 2 atom stereocenters. The second-order valence-electron chi connectivity index (χ2n) is 11.0. The van der Waals surface area contributed by atoms with Crippen molar-refractivity contribution in [3.63, 3.8) is 0 Å². The van der Waals surface area contributed by atoms with Gasteiger partial charge in [0.25, 0.3) is 5.91 Å². The maximum Gasteiger partial charge on any atom is 0.387 e. The van der Waals surface area contributed by atoms with Gasteiger partial charge in [0.05, 0.1) is 11.5 Å². The number of ether oxygens (including phenoxy) is 3. The van der Waals surface area contributed by atoms with Crippen molar-refractivity contribution in [2.24, 2.45) is 5.92 Å². The Labute approximate surface area is 276 Å². The molecule has 0 bridgehead atoms. The number of aromatic nitrogens is 1. The maximum atomic E-state index is 13.6. The number of halogens is 4. The van der Waals surface area contributed by atoms with E-state index in [1.807, 2.05) is 0 Å². The van der Waals surface area contributed by atoms with Gasteiger partial charge in [-0.05, 0) is 61.6 Å². The van der Waals surface area contributed by atoms with Crippen molar-refractivity contribution < 1.29 is 46.0 Å². The topological polar surface area (TPSA) is 117 Å². The zero-order valence-electron chi connectivity index (χ0n) is 25.5. The summed E-state index contributed by atoms with van der Waals surface area (Å²) in [6, 6.07) is 8.31. The Morgan fingerprint density at radius 1 is 1.02 bits per heavy atom. The first-order valence-electron chi connectivity index (χ1n) is 14.2. The van der Waals surface area contributed by atoms with Crippen molar-refractivity contribution in [1.29, 1.82) is 0 Å². The van der Waals surface area contributed by atoms with Gasteiger partial charge in [-0.3, -0.25) is 9.59 Å². The van der Waals surface area contributed by atoms with Crippen molar-refractivity contribution in [3.05, 3.63) is 81.6 Å². The minimum atomic E-state index is -4.26. The fourth-order valence-electron chi connectivity index (χ4n) is 4.42. The van der Waals surface area contributed by atoms with Crippen LogP contribution in [0.2, 0.25) is 10.0 Å². The summed E-state index contributed by atoms with van der Waals surface area (Å²) < 4.78 is 70.5. The number of carbonyl (C=O) groups excluding carboxylic acids is 2. The molecule has 3 aromatic rings. The normalized spacial score (nSPS) is 14.6. The fraction of sp³-hybridized carbons (Fsp3) is 0.387. The summed E-state index contributed by atoms with van der Waals surface area (Å²) in [4.78, 5) is 29.9. The molecule has 1 N–H and O–H groups in total. The van der Waals surface area contributed by atoms with Gasteiger partial charge < -0.3 is 19.1 Å². The zero-order valence-corrected chi connectivity index (χ0v) is 27.8. The Hall–Kier alpha value is -3.52. The van der Waals surface area contributed by atoms with Crippen LogP contribution < -0.4 is 14.5 Å². The van der Waals surface area contributed by atoms with Gasteiger partial charge >= 0.3 is 12.6 Å². The van der Waals surface area contributed by atoms with E-state index in [1.165, 1.54) is 73.7 Å². The van der Waals surface area contributed by atoms with Crippen LogP contribution in [0.4, 0.5) is 8.78 Å². The predicted octanol–water partition coefficient (Wildman–Crippen LogP) is 5.44. The van der Waals surface area contributed by atoms with Crippen LogP contribution in [0.15, 0.2) is 59.8 Å². The fourth-order valence-corrected chi connectivity index (χ4v) is 6.31. The standard InChI is InChI=1S/C31H33Cl2F2N3O7S/c1-18(38(4)46(41,42)22-7-5-6-21(12-22)29(39)37(2)3)30(40)44-27(14-23-24(32)15-36-16-25(23)33)20-10-11-26(45-31(34)35)28(13-20)43-17-19-8-9-19/h5-7,10-13,15-16,18-19,27,31H,8-9,14,17H2,1-4H3/p+1/t18-,27+/m1/s1. The van der Waals surface area contributed by atoms with E-state index in [2.05, 4.69) is 9.72 Å². The third-order valence-corrected chi connectivity index (χ3v) is 10.0. The molecule has 1 heterocycles. The molecular formula is C31H34Cl2F2N3O7S+. The number of aromatic amines is 1. The molecule has 0 radical (unpaired) electrons. The van der Waals surface area contributed by atoms with Crippen molar-refractivity contribution in [2.75, 3.05) is 27.7 Å². The van der Waals surface area contributed by atoms with Gasteiger partial charge in [-0.15, -0.1) is 0 Å². The highest BCUT2D eigenvalue weighted by molar-refractivity contribution is 7.89. The monoisotopic (exact) mass is 700 g/mol. The first-order valence-corrected chi connectivity index (χ1v) is 16.4. The molecule has 0 aliphatic heterocycles. The molecule has 2 aromatic carbocycles. The van der Waals surface area contributed by atoms with Gasteiger partial charge in [0.15, 0.2) is 23.9 Å². The van der Waals surface area contributed by atoms with Crippen LogP contribution in [0.3, 0.4) is 0 Å². The molecular weight excluding hydrogens is 667 g/mol. The summed E-state index contributed by atoms with van der Waals surface area (Å²) >= 11 is 12.8. The number of esters is 1. The number of pyridine rings is 1. The molecule has 1 aliphatic rings. The summed E-state index contributed by atoms with van der Waals surface area (Å²) in [5.41, 5.74) is 0.917. The molecule has 1 fully saturated rings. The van der Waals surface area contributed by atoms with Crippen molar-refractivity contribution >= 4 is 45.1 Å². The molecule has 1 saturated carbocycles. The quantitative estimate of drug-likeness (QED) is 0.206. The van der Waals surface area contributed by atoms with Crippen molar-refractivity contribution in [2.45, 2.75) is 49.8 Å². The number of likely N-dealkylation sites (N-methyl/N-ethyl adjacent to an activating group) is 1. The van der Waals surface area contributed by atoms with E-state index < -0.39 is 40.7 Å². The summed E-state index contributed by atoms with van der Waals surface area (Å²) in [6.45, 7) is -1.45. The molecule has 0 saturated heterocycles. The number of nitrogens with one attached hydrogen (secondary N) is 1. The minimum Gasteiger partial charge on any atom is -0.489 e. The number of nitrogens with zero attached hydrogens (tertiary/aromatic N) is 2. The second-order valence-corrected chi connectivity index (χ2v) is 13.8. The van der Waals surface area contributed by atoms with E-state index in [1.54, 1.807) is 14.1 Å². The third-order valence-electron chi connectivity index (χ3n) is 7.42. The van der Waals surface area contributed by atoms with E-state index in [9.17, 15) is 26.8 Å². The smallest absolute Gasteiger partial charge is 0.387 e. The summed E-state index contributed by atoms with van der Waals surface area (Å²) in [5, 5.41) is 0.493. The molecule has 10 nitrogen and oxygen atoms in total. The van der Waals surface area contributed by atoms with Crippen LogP contribution in [0.25, 0.3) is 0 Å². The number of carbonyl (C=O) groups is 2. The van der Waals surface area contributed by atoms with Gasteiger partial charge in [0.2, 0.25) is 10.0 Å². The molecule has 4 rings (SSSR count). The van der Waals surface area contributed by atoms with Gasteiger partial charge in [0.1, 0.15) is 22.2 Å². The Balaban J connectivity index is 1.64. The molecule has 1 aromatic heterocycles. The molecule has 248 valence electrons. The molecule has 1 aliphatic carbocycles. The summed E-state index contributed by atoms with van der Waals surface area (Å²) in [6.07, 6.45) is 3.74. The van der Waals surface area contributed by atoms with Crippen LogP contribution in [0, 0.1) is 5.92 Å². The highest BCUT2D eigenvalue weighted by Crippen LogP contribution is 2.38. The Kier molecular flexibility index (Phi) is 11.5. The molecule has 0 unspecified atom stereocenters. The lowest BCUT2D eigenvalue weighted by molar-refractivity contribution is -0.377. The van der Waals surface area contributed by atoms with Gasteiger partial charge in [-0.2, -0.15) is 13.1 Å². The first-order chi connectivity index (χ1) is 21.7. The lowest BCUT2D eigenvalue weighted by atomic mass is 10.0. The number of benzene rings is 2. The SMILES string of the molecule is C[C@H](C(=O)O[C@@H](Cc1c(Cl)c[nH+]cc1Cl)c1ccc(OC(F)F)c(OCC2CC2)c1)N(C)S(=O)(=O)c1cccc(C(=O)N(C)C)c1. The number of hydrogen-bond donors (Lipinski definition) is 0. The van der Waals surface area contributed by atoms with E-state index >= 15 is 0 Å². The minimum absolute atomic E-state index is 0.0317. The van der Waals surface area contributed by atoms with Gasteiger partial charge in [-0.25, -0.2) is 13.4 Å². The number of hydrogen-bond acceptors (Lipinski definition) is 7. The summed E-state index contributed by atoms with van der Waals surface area (Å²) in [7, 11) is 0.0395. The van der Waals surface area contributed by atoms with Crippen LogP contribution >= 0.6 is 23.2 Å². The molecule has 15 heteroatoms. The first kappa shape index (κ1) is 35.3. The van der Waals surface area contributed by atoms with Gasteiger partial charge in [0, 0.05) is 38.7 Å². The van der Waals surface area contributed by atoms with Crippen LogP contribution in [-0.2, 0) is 26.0 Å². The van der Waals surface area contributed by atoms with Crippen LogP contribution in [0.1, 0.15) is 47.4 Å². The van der Waals surface area contributed by atoms with E-state index in [4.69, 9.17) is 32.7 Å². The van der Waals surface area contributed by atoms with Crippen molar-refractivity contribution in [1.82, 2.24) is 9.21 Å². The van der Waals surface area contributed by atoms with E-state index in [0.29, 0.717) is 23.7 Å². The lowest BCUT2D eigenvalue weighted by Gasteiger charge is -2.26. The number of rotatable bonds is 14. The van der Waals surface area contributed by atoms with Crippen LogP contribution in [0.5, 0.6) is 11.5 Å². The van der Waals surface area contributed by atoms with Crippen molar-refractivity contribution in [3.8, 4) is 11.5 Å². The van der Waals surface area contributed by atoms with E-state index in [0.717, 1.165) is 17.1 Å². The Morgan fingerprint density at radius 3 is 2.30 bits per heavy atom.